The Balaban J connectivity index is 1.08. The Morgan fingerprint density at radius 3 is 1.23 bits per heavy atom. The third-order valence-corrected chi connectivity index (χ3v) is 8.36. The van der Waals surface area contributed by atoms with Crippen LogP contribution < -0.4 is 0 Å². The number of unbranched alkanes of at least 4 members (excludes halogenated alkanes) is 12. The maximum Gasteiger partial charge on any atom is 0.134 e. The zero-order valence-corrected chi connectivity index (χ0v) is 24.6. The Labute approximate surface area is 239 Å². The summed E-state index contributed by atoms with van der Waals surface area (Å²) in [6.07, 6.45) is 22.4. The van der Waals surface area contributed by atoms with Gasteiger partial charge in [-0.05, 0) is 42.2 Å². The van der Waals surface area contributed by atoms with E-state index < -0.39 is 0 Å². The highest BCUT2D eigenvalue weighted by atomic mass is 16.5. The first-order chi connectivity index (χ1) is 19.3. The first-order valence-corrected chi connectivity index (χ1v) is 16.0. The molecule has 39 heavy (non-hydrogen) atoms. The van der Waals surface area contributed by atoms with E-state index >= 15 is 0 Å². The summed E-state index contributed by atoms with van der Waals surface area (Å²) < 4.78 is 11.6. The Kier molecular flexibility index (Phi) is 16.2. The van der Waals surface area contributed by atoms with Gasteiger partial charge in [0.1, 0.15) is 5.78 Å². The molecule has 0 N–H and O–H groups in total. The summed E-state index contributed by atoms with van der Waals surface area (Å²) in [5.41, 5.74) is 2.88. The van der Waals surface area contributed by atoms with Gasteiger partial charge in [0.05, 0.1) is 13.2 Å². The second kappa shape index (κ2) is 20.0. The maximum atomic E-state index is 11.8. The minimum absolute atomic E-state index is 0.364. The normalized spacial score (nSPS) is 14.4. The molecule has 3 nitrogen and oxygen atoms in total. The molecular formula is C36H54O3. The van der Waals surface area contributed by atoms with Crippen molar-refractivity contribution >= 4 is 5.78 Å². The van der Waals surface area contributed by atoms with Crippen LogP contribution in [0.5, 0.6) is 0 Å². The molecule has 0 radical (unpaired) electrons. The topological polar surface area (TPSA) is 35.5 Å². The van der Waals surface area contributed by atoms with Crippen LogP contribution in [0.2, 0.25) is 0 Å². The maximum absolute atomic E-state index is 11.8. The number of carbonyl (C=O) groups excluding carboxylic acids is 1. The van der Waals surface area contributed by atoms with Gasteiger partial charge in [-0.1, -0.05) is 138 Å². The molecule has 0 spiro atoms. The van der Waals surface area contributed by atoms with Gasteiger partial charge < -0.3 is 9.47 Å². The summed E-state index contributed by atoms with van der Waals surface area (Å²) in [6.45, 7) is 3.21. The van der Waals surface area contributed by atoms with Crippen LogP contribution in [0, 0.1) is 5.41 Å². The molecule has 0 bridgehead atoms. The molecule has 2 aromatic rings. The molecule has 1 aliphatic rings. The van der Waals surface area contributed by atoms with Gasteiger partial charge in [-0.25, -0.2) is 0 Å². The van der Waals surface area contributed by atoms with E-state index in [1.54, 1.807) is 0 Å². The zero-order chi connectivity index (χ0) is 27.3. The largest absolute Gasteiger partial charge is 0.377 e. The van der Waals surface area contributed by atoms with Gasteiger partial charge in [0, 0.05) is 26.1 Å². The fraction of sp³-hybridized carbons (Fsp3) is 0.639. The van der Waals surface area contributed by atoms with Crippen LogP contribution in [0.25, 0.3) is 0 Å². The van der Waals surface area contributed by atoms with E-state index in [9.17, 15) is 4.79 Å². The molecule has 2 aromatic carbocycles. The lowest BCUT2D eigenvalue weighted by Crippen LogP contribution is -2.37. The van der Waals surface area contributed by atoms with Crippen molar-refractivity contribution in [2.75, 3.05) is 13.2 Å². The zero-order valence-electron chi connectivity index (χ0n) is 24.6. The summed E-state index contributed by atoms with van der Waals surface area (Å²) >= 11 is 0. The quantitative estimate of drug-likeness (QED) is 0.126. The van der Waals surface area contributed by atoms with E-state index in [0.717, 1.165) is 39.3 Å². The first kappa shape index (κ1) is 31.6. The number of ketones is 1. The highest BCUT2D eigenvalue weighted by Crippen LogP contribution is 2.47. The lowest BCUT2D eigenvalue weighted by Gasteiger charge is -2.41. The van der Waals surface area contributed by atoms with Gasteiger partial charge in [-0.2, -0.15) is 0 Å². The Morgan fingerprint density at radius 1 is 0.487 bits per heavy atom. The third kappa shape index (κ3) is 14.3. The van der Waals surface area contributed by atoms with Gasteiger partial charge in [0.2, 0.25) is 0 Å². The van der Waals surface area contributed by atoms with Gasteiger partial charge in [-0.3, -0.25) is 4.79 Å². The third-order valence-electron chi connectivity index (χ3n) is 8.36. The molecule has 0 unspecified atom stereocenters. The minimum atomic E-state index is 0.364. The molecule has 216 valence electrons. The highest BCUT2D eigenvalue weighted by Gasteiger charge is 2.41. The van der Waals surface area contributed by atoms with Crippen molar-refractivity contribution in [1.82, 2.24) is 0 Å². The SMILES string of the molecule is O=C1CC(CCCCCCCCCOCc2ccccc2)(CCCCCCCCCOCc2ccccc2)C1. The van der Waals surface area contributed by atoms with Gasteiger partial charge in [0.25, 0.3) is 0 Å². The summed E-state index contributed by atoms with van der Waals surface area (Å²) in [6, 6.07) is 20.9. The number of hydrogen-bond donors (Lipinski definition) is 0. The number of Topliss-reactive ketones (excluding diaryl/α,β-unsaturated/α-hetero) is 1. The number of hydrogen-bond acceptors (Lipinski definition) is 3. The number of carbonyl (C=O) groups is 1. The molecule has 0 heterocycles. The summed E-state index contributed by atoms with van der Waals surface area (Å²) in [5, 5.41) is 0. The molecule has 0 aliphatic heterocycles. The summed E-state index contributed by atoms with van der Waals surface area (Å²) in [5.74, 6) is 0.499. The van der Waals surface area contributed by atoms with Crippen LogP contribution >= 0.6 is 0 Å². The van der Waals surface area contributed by atoms with E-state index in [1.807, 2.05) is 12.1 Å². The second-order valence-corrected chi connectivity index (χ2v) is 11.9. The number of ether oxygens (including phenoxy) is 2. The average molecular weight is 535 g/mol. The predicted molar refractivity (Wildman–Crippen MR) is 163 cm³/mol. The van der Waals surface area contributed by atoms with E-state index in [4.69, 9.17) is 9.47 Å². The Morgan fingerprint density at radius 2 is 0.846 bits per heavy atom. The van der Waals surface area contributed by atoms with Crippen molar-refractivity contribution in [2.45, 2.75) is 129 Å². The molecule has 3 heteroatoms. The lowest BCUT2D eigenvalue weighted by molar-refractivity contribution is -0.133. The predicted octanol–water partition coefficient (Wildman–Crippen LogP) is 10.0. The highest BCUT2D eigenvalue weighted by molar-refractivity contribution is 5.86. The van der Waals surface area contributed by atoms with Crippen molar-refractivity contribution in [3.8, 4) is 0 Å². The van der Waals surface area contributed by atoms with Gasteiger partial charge in [0.15, 0.2) is 0 Å². The fourth-order valence-electron chi connectivity index (χ4n) is 5.97. The molecule has 3 rings (SSSR count). The van der Waals surface area contributed by atoms with Crippen LogP contribution in [-0.2, 0) is 27.5 Å². The van der Waals surface area contributed by atoms with E-state index in [2.05, 4.69) is 48.5 Å². The lowest BCUT2D eigenvalue weighted by atomic mass is 9.62. The van der Waals surface area contributed by atoms with E-state index in [0.29, 0.717) is 11.2 Å². The van der Waals surface area contributed by atoms with Crippen LogP contribution in [0.4, 0.5) is 0 Å². The van der Waals surface area contributed by atoms with Crippen molar-refractivity contribution < 1.29 is 14.3 Å². The molecule has 1 aliphatic carbocycles. The van der Waals surface area contributed by atoms with Gasteiger partial charge >= 0.3 is 0 Å². The van der Waals surface area contributed by atoms with E-state index in [1.165, 1.54) is 114 Å². The average Bonchev–Trinajstić information content (AvgIpc) is 2.95. The van der Waals surface area contributed by atoms with Crippen molar-refractivity contribution in [3.05, 3.63) is 71.8 Å². The summed E-state index contributed by atoms with van der Waals surface area (Å²) in [4.78, 5) is 11.8. The smallest absolute Gasteiger partial charge is 0.134 e. The van der Waals surface area contributed by atoms with Crippen molar-refractivity contribution in [2.24, 2.45) is 5.41 Å². The molecule has 0 saturated heterocycles. The molecule has 1 fully saturated rings. The van der Waals surface area contributed by atoms with Crippen LogP contribution in [0.1, 0.15) is 127 Å². The monoisotopic (exact) mass is 534 g/mol. The van der Waals surface area contributed by atoms with Gasteiger partial charge in [-0.15, -0.1) is 0 Å². The van der Waals surface area contributed by atoms with Crippen LogP contribution in [0.15, 0.2) is 60.7 Å². The first-order valence-electron chi connectivity index (χ1n) is 16.0. The minimum Gasteiger partial charge on any atom is -0.377 e. The summed E-state index contributed by atoms with van der Waals surface area (Å²) in [7, 11) is 0. The molecule has 0 aromatic heterocycles. The number of benzene rings is 2. The Hall–Kier alpha value is -1.97. The van der Waals surface area contributed by atoms with Crippen molar-refractivity contribution in [1.29, 1.82) is 0 Å². The van der Waals surface area contributed by atoms with Crippen LogP contribution in [-0.4, -0.2) is 19.0 Å². The molecule has 0 amide bonds. The molecule has 1 saturated carbocycles. The van der Waals surface area contributed by atoms with Crippen molar-refractivity contribution in [3.63, 3.8) is 0 Å². The molecule has 0 atom stereocenters. The number of rotatable bonds is 24. The fourth-order valence-corrected chi connectivity index (χ4v) is 5.97. The van der Waals surface area contributed by atoms with E-state index in [-0.39, 0.29) is 0 Å². The van der Waals surface area contributed by atoms with Crippen LogP contribution in [0.3, 0.4) is 0 Å². The standard InChI is InChI=1S/C36H54O3/c37-35-29-36(30-35,25-17-7-3-1-5-9-19-27-38-31-33-21-13-11-14-22-33)26-18-8-4-2-6-10-20-28-39-32-34-23-15-12-16-24-34/h11-16,21-24H,1-10,17-20,25-32H2. The molecular weight excluding hydrogens is 480 g/mol. The Bertz CT molecular complexity index is 792. The second-order valence-electron chi connectivity index (χ2n) is 11.9.